The second-order valence-corrected chi connectivity index (χ2v) is 9.44. The number of fused-ring (bicyclic) bond motifs is 1. The molecule has 2 saturated heterocycles. The summed E-state index contributed by atoms with van der Waals surface area (Å²) in [6.07, 6.45) is -6.62. The summed E-state index contributed by atoms with van der Waals surface area (Å²) in [5.74, 6) is -5.02. The van der Waals surface area contributed by atoms with Gasteiger partial charge in [0.15, 0.2) is 0 Å². The van der Waals surface area contributed by atoms with Crippen LogP contribution in [0.3, 0.4) is 0 Å². The van der Waals surface area contributed by atoms with Crippen molar-refractivity contribution < 1.29 is 55.7 Å². The molecular formula is C23H25F6N3O6S. The topological polar surface area (TPSA) is 129 Å². The predicted octanol–water partition coefficient (Wildman–Crippen LogP) is 3.71. The van der Waals surface area contributed by atoms with Crippen LogP contribution < -0.4 is 5.32 Å². The van der Waals surface area contributed by atoms with E-state index in [1.165, 1.54) is 4.88 Å². The van der Waals surface area contributed by atoms with Crippen molar-refractivity contribution in [3.63, 3.8) is 0 Å². The molecule has 2 aromatic heterocycles. The molecule has 2 aromatic rings. The first-order valence-corrected chi connectivity index (χ1v) is 12.2. The lowest BCUT2D eigenvalue weighted by Gasteiger charge is -2.33. The maximum Gasteiger partial charge on any atom is 0.490 e. The SMILES string of the molecule is O=C(NCc1ccccn1)[C@@H]1C[C@@H]2CCN(Cc3cccs3)C[C@H]2O1.O=C(O)C(F)(F)F.O=C(O)C(F)(F)F. The zero-order chi connectivity index (χ0) is 29.2. The lowest BCUT2D eigenvalue weighted by atomic mass is 9.91. The molecule has 39 heavy (non-hydrogen) atoms. The van der Waals surface area contributed by atoms with Gasteiger partial charge >= 0.3 is 24.3 Å². The van der Waals surface area contributed by atoms with E-state index >= 15 is 0 Å². The minimum atomic E-state index is -5.08. The van der Waals surface area contributed by atoms with Crippen LogP contribution in [0.4, 0.5) is 26.3 Å². The van der Waals surface area contributed by atoms with Crippen LogP contribution in [0.1, 0.15) is 23.4 Å². The summed E-state index contributed by atoms with van der Waals surface area (Å²) in [5.41, 5.74) is 0.869. The van der Waals surface area contributed by atoms with Gasteiger partial charge in [-0.3, -0.25) is 14.7 Å². The molecule has 0 radical (unpaired) electrons. The minimum Gasteiger partial charge on any atom is -0.475 e. The molecule has 2 aliphatic heterocycles. The highest BCUT2D eigenvalue weighted by Gasteiger charge is 2.42. The molecule has 3 N–H and O–H groups in total. The minimum absolute atomic E-state index is 0.00939. The number of likely N-dealkylation sites (tertiary alicyclic amines) is 1. The molecule has 0 aliphatic carbocycles. The van der Waals surface area contributed by atoms with Crippen LogP contribution in [-0.2, 0) is 32.2 Å². The molecule has 4 heterocycles. The standard InChI is InChI=1S/C19H23N3O2S.2C2HF3O2/c23-19(21-11-15-4-1-2-7-20-15)17-10-14-6-8-22(13-18(14)24-17)12-16-5-3-9-25-16;2*3-2(4,5)1(6)7/h1-5,7,9,14,17-18H,6,8,10-13H2,(H,21,23);2*(H,6,7)/t14-,17-,18+;;/m0../s1. The fourth-order valence-corrected chi connectivity index (χ4v) is 4.47. The maximum absolute atomic E-state index is 12.4. The summed E-state index contributed by atoms with van der Waals surface area (Å²) in [6.45, 7) is 3.46. The Morgan fingerprint density at radius 2 is 1.69 bits per heavy atom. The van der Waals surface area contributed by atoms with Crippen LogP contribution in [0.5, 0.6) is 0 Å². The van der Waals surface area contributed by atoms with Crippen molar-refractivity contribution in [1.82, 2.24) is 15.2 Å². The average molecular weight is 586 g/mol. The molecule has 0 aromatic carbocycles. The van der Waals surface area contributed by atoms with Crippen LogP contribution >= 0.6 is 11.3 Å². The number of carboxylic acid groups (broad SMARTS) is 2. The first-order chi connectivity index (χ1) is 18.2. The quantitative estimate of drug-likeness (QED) is 0.453. The van der Waals surface area contributed by atoms with Gasteiger partial charge in [-0.1, -0.05) is 12.1 Å². The third-order valence-corrected chi connectivity index (χ3v) is 6.40. The zero-order valence-electron chi connectivity index (χ0n) is 20.1. The summed E-state index contributed by atoms with van der Waals surface area (Å²) >= 11 is 1.80. The lowest BCUT2D eigenvalue weighted by molar-refractivity contribution is -0.193. The molecule has 4 rings (SSSR count). The van der Waals surface area contributed by atoms with Crippen molar-refractivity contribution in [2.24, 2.45) is 5.92 Å². The summed E-state index contributed by atoms with van der Waals surface area (Å²) in [6, 6.07) is 9.99. The number of halogens is 6. The number of carbonyl (C=O) groups excluding carboxylic acids is 1. The van der Waals surface area contributed by atoms with Crippen LogP contribution in [0.25, 0.3) is 0 Å². The molecule has 216 valence electrons. The number of thiophene rings is 1. The Hall–Kier alpha value is -3.24. The van der Waals surface area contributed by atoms with Gasteiger partial charge in [0.25, 0.3) is 0 Å². The number of amides is 1. The maximum atomic E-state index is 12.4. The summed E-state index contributed by atoms with van der Waals surface area (Å²) in [7, 11) is 0. The van der Waals surface area contributed by atoms with E-state index in [1.807, 2.05) is 18.2 Å². The van der Waals surface area contributed by atoms with E-state index < -0.39 is 24.3 Å². The van der Waals surface area contributed by atoms with Gasteiger partial charge < -0.3 is 20.3 Å². The highest BCUT2D eigenvalue weighted by atomic mass is 32.1. The molecule has 3 atom stereocenters. The van der Waals surface area contributed by atoms with Gasteiger partial charge in [0.2, 0.25) is 5.91 Å². The van der Waals surface area contributed by atoms with E-state index in [4.69, 9.17) is 24.5 Å². The number of aromatic nitrogens is 1. The Bertz CT molecular complexity index is 1040. The van der Waals surface area contributed by atoms with Crippen molar-refractivity contribution in [2.75, 3.05) is 13.1 Å². The Labute approximate surface area is 222 Å². The molecule has 1 amide bonds. The number of alkyl halides is 6. The number of aliphatic carboxylic acids is 2. The first kappa shape index (κ1) is 32.0. The second-order valence-electron chi connectivity index (χ2n) is 8.41. The van der Waals surface area contributed by atoms with Gasteiger partial charge in [0.05, 0.1) is 18.3 Å². The average Bonchev–Trinajstić information content (AvgIpc) is 3.52. The number of pyridine rings is 1. The Kier molecular flexibility index (Phi) is 11.7. The number of nitrogens with one attached hydrogen (secondary N) is 1. The summed E-state index contributed by atoms with van der Waals surface area (Å²) in [5, 5.41) is 19.3. The zero-order valence-corrected chi connectivity index (χ0v) is 20.9. The number of carbonyl (C=O) groups is 3. The smallest absolute Gasteiger partial charge is 0.475 e. The largest absolute Gasteiger partial charge is 0.490 e. The first-order valence-electron chi connectivity index (χ1n) is 11.3. The van der Waals surface area contributed by atoms with E-state index in [0.717, 1.165) is 38.2 Å². The van der Waals surface area contributed by atoms with Crippen LogP contribution in [-0.4, -0.2) is 75.6 Å². The van der Waals surface area contributed by atoms with Crippen molar-refractivity contribution in [1.29, 1.82) is 0 Å². The van der Waals surface area contributed by atoms with Gasteiger partial charge in [-0.2, -0.15) is 26.3 Å². The fourth-order valence-electron chi connectivity index (χ4n) is 3.72. The Morgan fingerprint density at radius 3 is 2.21 bits per heavy atom. The van der Waals surface area contributed by atoms with Crippen molar-refractivity contribution in [3.8, 4) is 0 Å². The van der Waals surface area contributed by atoms with Gasteiger partial charge in [-0.15, -0.1) is 11.3 Å². The van der Waals surface area contributed by atoms with E-state index in [0.29, 0.717) is 12.5 Å². The van der Waals surface area contributed by atoms with Gasteiger partial charge in [0.1, 0.15) is 6.10 Å². The van der Waals surface area contributed by atoms with Crippen LogP contribution in [0.2, 0.25) is 0 Å². The number of hydrogen-bond acceptors (Lipinski definition) is 7. The van der Waals surface area contributed by atoms with Gasteiger partial charge in [-0.05, 0) is 48.9 Å². The molecule has 16 heteroatoms. The molecular weight excluding hydrogens is 560 g/mol. The van der Waals surface area contributed by atoms with E-state index in [-0.39, 0.29) is 18.1 Å². The van der Waals surface area contributed by atoms with Crippen LogP contribution in [0.15, 0.2) is 41.9 Å². The van der Waals surface area contributed by atoms with Crippen molar-refractivity contribution in [2.45, 2.75) is 50.5 Å². The molecule has 9 nitrogen and oxygen atoms in total. The molecule has 0 unspecified atom stereocenters. The Morgan fingerprint density at radius 1 is 1.05 bits per heavy atom. The van der Waals surface area contributed by atoms with Gasteiger partial charge in [-0.25, -0.2) is 9.59 Å². The van der Waals surface area contributed by atoms with E-state index in [1.54, 1.807) is 17.5 Å². The fraction of sp³-hybridized carbons (Fsp3) is 0.478. The number of nitrogens with zero attached hydrogens (tertiary/aromatic N) is 2. The lowest BCUT2D eigenvalue weighted by Crippen LogP contribution is -2.42. The number of rotatable bonds is 5. The summed E-state index contributed by atoms with van der Waals surface area (Å²) in [4.78, 5) is 38.3. The van der Waals surface area contributed by atoms with Gasteiger partial charge in [0, 0.05) is 24.2 Å². The van der Waals surface area contributed by atoms with Crippen molar-refractivity contribution >= 4 is 29.2 Å². The number of ether oxygens (including phenoxy) is 1. The predicted molar refractivity (Wildman–Crippen MR) is 124 cm³/mol. The normalized spacial score (nSPS) is 20.9. The Balaban J connectivity index is 0.000000317. The number of piperidine rings is 1. The highest BCUT2D eigenvalue weighted by molar-refractivity contribution is 7.09. The monoisotopic (exact) mass is 585 g/mol. The van der Waals surface area contributed by atoms with Crippen molar-refractivity contribution in [3.05, 3.63) is 52.5 Å². The molecule has 2 fully saturated rings. The molecule has 0 saturated carbocycles. The third-order valence-electron chi connectivity index (χ3n) is 5.54. The van der Waals surface area contributed by atoms with E-state index in [9.17, 15) is 31.1 Å². The molecule has 2 aliphatic rings. The number of carboxylic acids is 2. The third kappa shape index (κ3) is 11.2. The molecule has 0 spiro atoms. The molecule has 0 bridgehead atoms. The van der Waals surface area contributed by atoms with E-state index in [2.05, 4.69) is 32.7 Å². The second kappa shape index (κ2) is 14.2. The highest BCUT2D eigenvalue weighted by Crippen LogP contribution is 2.34. The van der Waals surface area contributed by atoms with Crippen LogP contribution in [0, 0.1) is 5.92 Å². The summed E-state index contributed by atoms with van der Waals surface area (Å²) < 4.78 is 69.6. The number of hydrogen-bond donors (Lipinski definition) is 3.